The van der Waals surface area contributed by atoms with Crippen molar-refractivity contribution in [3.05, 3.63) is 107 Å². The van der Waals surface area contributed by atoms with Crippen LogP contribution in [0.3, 0.4) is 0 Å². The van der Waals surface area contributed by atoms with Gasteiger partial charge in [0.25, 0.3) is 0 Å². The van der Waals surface area contributed by atoms with Crippen molar-refractivity contribution < 1.29 is 28.5 Å². The maximum atomic E-state index is 11.4. The first-order chi connectivity index (χ1) is 26.1. The van der Waals surface area contributed by atoms with E-state index < -0.39 is 51.1 Å². The van der Waals surface area contributed by atoms with Crippen molar-refractivity contribution in [3.8, 4) is 11.5 Å². The Bertz CT molecular complexity index is 1420. The van der Waals surface area contributed by atoms with Gasteiger partial charge in [0, 0.05) is 0 Å². The summed E-state index contributed by atoms with van der Waals surface area (Å²) in [5, 5.41) is 11.3. The van der Waals surface area contributed by atoms with Gasteiger partial charge in [-0.05, 0) is 12.1 Å². The summed E-state index contributed by atoms with van der Waals surface area (Å²) < 4.78 is 38.5. The molecule has 0 unspecified atom stereocenters. The Balaban J connectivity index is 2.65. The molecule has 0 radical (unpaired) electrons. The van der Waals surface area contributed by atoms with Gasteiger partial charge in [0.1, 0.15) is 5.75 Å². The number of hydrogen-bond acceptors (Lipinski definition) is 6. The second-order valence-electron chi connectivity index (χ2n) is 16.7. The number of aliphatic hydroxyl groups is 1. The first kappa shape index (κ1) is 49.0. The third-order valence-electron chi connectivity index (χ3n) is 11.3. The molecule has 0 aromatic heterocycles. The molecule has 0 amide bonds. The number of aliphatic hydroxyl groups excluding tert-OH is 1. The molecule has 2 aromatic rings. The minimum absolute atomic E-state index is 0.0692. The fourth-order valence-electron chi connectivity index (χ4n) is 6.56. The molecule has 2 aromatic carbocycles. The number of hydrogen-bond donors (Lipinski definition) is 1. The number of benzene rings is 2. The van der Waals surface area contributed by atoms with E-state index in [1.807, 2.05) is 48.5 Å². The second kappa shape index (κ2) is 24.6. The van der Waals surface area contributed by atoms with E-state index in [-0.39, 0.29) is 11.6 Å². The van der Waals surface area contributed by atoms with Gasteiger partial charge in [-0.3, -0.25) is 0 Å². The van der Waals surface area contributed by atoms with Crippen LogP contribution in [-0.2, 0) is 27.1 Å². The van der Waals surface area contributed by atoms with Crippen molar-refractivity contribution >= 4 is 26.7 Å². The SMILES string of the molecule is C=C[C@H](O)[C@@H](OCc1ccc(OC)cc1)C(=C)[C@H](OCc1ccc(OC)cc1)[C@@H](O[Si](C)(C)C(C)(C)C)C(=C)C/C=[CH]/[Sn]([CH2]CCC)([CH2]CCC)[CH2]CCC. The Morgan fingerprint density at radius 2 is 1.18 bits per heavy atom. The van der Waals surface area contributed by atoms with Crippen LogP contribution in [0.1, 0.15) is 97.6 Å². The monoisotopic (exact) mass is 884 g/mol. The molecule has 0 bridgehead atoms. The Labute approximate surface area is 341 Å². The maximum absolute atomic E-state index is 11.4. The Kier molecular flexibility index (Phi) is 21.9. The first-order valence-electron chi connectivity index (χ1n) is 20.6. The Hall–Kier alpha value is -2.14. The van der Waals surface area contributed by atoms with Gasteiger partial charge in [-0.15, -0.1) is 0 Å². The number of unbranched alkanes of at least 4 members (excludes halogenated alkanes) is 3. The van der Waals surface area contributed by atoms with E-state index >= 15 is 0 Å². The van der Waals surface area contributed by atoms with E-state index in [1.54, 1.807) is 14.2 Å². The average Bonchev–Trinajstić information content (AvgIpc) is 3.17. The summed E-state index contributed by atoms with van der Waals surface area (Å²) in [6.45, 7) is 32.1. The van der Waals surface area contributed by atoms with E-state index in [0.29, 0.717) is 18.6 Å². The van der Waals surface area contributed by atoms with E-state index in [2.05, 4.69) is 78.0 Å². The molecule has 0 aliphatic rings. The van der Waals surface area contributed by atoms with Crippen molar-refractivity contribution in [2.75, 3.05) is 14.2 Å². The standard InChI is InChI=1S/C35H49O6Si.3C4H9.Sn/c1-12-14-25(3)32(41-42(10,11)35(5,6)7)34(40-24-28-17-21-30(38-9)22-18-28)26(4)33(31(36)13-2)39-23-27-15-19-29(37-8)20-16-27;3*1-3-4-2;/h1,12-13,15-22,31-34,36H,2-4,14,23-24H2,5-11H3;3*1,3-4H2,2H3;/t31-,32-,33-,34-;;;;/m0..../s1. The van der Waals surface area contributed by atoms with Gasteiger partial charge in [-0.1, -0.05) is 0 Å². The van der Waals surface area contributed by atoms with Crippen LogP contribution < -0.4 is 9.47 Å². The number of ether oxygens (including phenoxy) is 4. The molecule has 0 saturated carbocycles. The van der Waals surface area contributed by atoms with Gasteiger partial charge in [-0.25, -0.2) is 0 Å². The van der Waals surface area contributed by atoms with Crippen LogP contribution >= 0.6 is 0 Å². The van der Waals surface area contributed by atoms with Gasteiger partial charge in [-0.2, -0.15) is 0 Å². The predicted octanol–water partition coefficient (Wildman–Crippen LogP) is 12.6. The summed E-state index contributed by atoms with van der Waals surface area (Å²) in [7, 11) is 0.927. The fourth-order valence-corrected chi connectivity index (χ4v) is 22.2. The molecular weight excluding hydrogens is 807 g/mol. The van der Waals surface area contributed by atoms with Crippen molar-refractivity contribution in [1.29, 1.82) is 0 Å². The number of methoxy groups -OCH3 is 2. The van der Waals surface area contributed by atoms with Crippen LogP contribution in [0, 0.1) is 0 Å². The molecule has 0 spiro atoms. The zero-order valence-corrected chi connectivity index (χ0v) is 40.1. The zero-order chi connectivity index (χ0) is 41.1. The van der Waals surface area contributed by atoms with Gasteiger partial charge in [0.2, 0.25) is 0 Å². The number of allylic oxidation sites excluding steroid dienone is 1. The molecule has 0 aliphatic heterocycles. The topological polar surface area (TPSA) is 66.4 Å². The first-order valence-corrected chi connectivity index (χ1v) is 31.2. The molecule has 2 rings (SSSR count). The Morgan fingerprint density at radius 3 is 1.56 bits per heavy atom. The van der Waals surface area contributed by atoms with E-state index in [0.717, 1.165) is 28.2 Å². The third kappa shape index (κ3) is 16.0. The van der Waals surface area contributed by atoms with Crippen LogP contribution in [-0.4, -0.2) is 70.4 Å². The molecule has 0 aliphatic carbocycles. The summed E-state index contributed by atoms with van der Waals surface area (Å²) in [6.07, 6.45) is 9.29. The molecular formula is C47H76O6SiSn. The van der Waals surface area contributed by atoms with Gasteiger partial charge in [0.05, 0.1) is 14.2 Å². The molecule has 308 valence electrons. The fraction of sp³-hybridized carbons (Fsp3) is 0.574. The van der Waals surface area contributed by atoms with Crippen LogP contribution in [0.2, 0.25) is 31.4 Å². The normalized spacial score (nSPS) is 14.7. The minimum atomic E-state index is -2.55. The van der Waals surface area contributed by atoms with Gasteiger partial charge in [0.15, 0.2) is 0 Å². The predicted molar refractivity (Wildman–Crippen MR) is 238 cm³/mol. The third-order valence-corrected chi connectivity index (χ3v) is 30.0. The molecule has 4 atom stereocenters. The summed E-state index contributed by atoms with van der Waals surface area (Å²) in [4.78, 5) is 0. The van der Waals surface area contributed by atoms with Crippen LogP contribution in [0.5, 0.6) is 11.5 Å². The van der Waals surface area contributed by atoms with Crippen LogP contribution in [0.15, 0.2) is 95.7 Å². The summed E-state index contributed by atoms with van der Waals surface area (Å²) in [5.74, 6) is 1.55. The molecule has 0 saturated heterocycles. The Morgan fingerprint density at radius 1 is 0.745 bits per heavy atom. The van der Waals surface area contributed by atoms with Crippen LogP contribution in [0.25, 0.3) is 0 Å². The van der Waals surface area contributed by atoms with E-state index in [4.69, 9.17) is 30.0 Å². The zero-order valence-electron chi connectivity index (χ0n) is 36.3. The van der Waals surface area contributed by atoms with Gasteiger partial charge >= 0.3 is 302 Å². The molecule has 6 nitrogen and oxygen atoms in total. The van der Waals surface area contributed by atoms with Crippen molar-refractivity contribution in [1.82, 2.24) is 0 Å². The molecule has 0 fully saturated rings. The summed E-state index contributed by atoms with van der Waals surface area (Å²) >= 11 is -2.55. The van der Waals surface area contributed by atoms with E-state index in [1.165, 1.54) is 57.9 Å². The molecule has 8 heteroatoms. The van der Waals surface area contributed by atoms with Gasteiger partial charge < -0.3 is 9.47 Å². The van der Waals surface area contributed by atoms with Crippen molar-refractivity contribution in [2.24, 2.45) is 0 Å². The average molecular weight is 884 g/mol. The summed E-state index contributed by atoms with van der Waals surface area (Å²) in [6, 6.07) is 15.6. The van der Waals surface area contributed by atoms with Crippen molar-refractivity contribution in [2.45, 2.75) is 156 Å². The molecule has 0 heterocycles. The second-order valence-corrected chi connectivity index (χ2v) is 34.5. The van der Waals surface area contributed by atoms with E-state index in [9.17, 15) is 5.11 Å². The quantitative estimate of drug-likeness (QED) is 0.0678. The summed E-state index contributed by atoms with van der Waals surface area (Å²) in [5.41, 5.74) is 3.46. The van der Waals surface area contributed by atoms with Crippen LogP contribution in [0.4, 0.5) is 0 Å². The van der Waals surface area contributed by atoms with Crippen molar-refractivity contribution in [3.63, 3.8) is 0 Å². The molecule has 55 heavy (non-hydrogen) atoms. The molecule has 1 N–H and O–H groups in total. The number of rotatable bonds is 28.